The molecule has 0 bridgehead atoms. The van der Waals surface area contributed by atoms with Crippen LogP contribution in [0, 0.1) is 0 Å². The number of nitrogens with zero attached hydrogens (tertiary/aromatic N) is 1. The Hall–Kier alpha value is -1.38. The summed E-state index contributed by atoms with van der Waals surface area (Å²) in [5.41, 5.74) is -0.0832. The van der Waals surface area contributed by atoms with E-state index >= 15 is 0 Å². The van der Waals surface area contributed by atoms with Gasteiger partial charge in [0.25, 0.3) is 0 Å². The van der Waals surface area contributed by atoms with E-state index < -0.39 is 16.0 Å². The van der Waals surface area contributed by atoms with E-state index in [1.54, 1.807) is 0 Å². The number of aromatic carboxylic acids is 1. The summed E-state index contributed by atoms with van der Waals surface area (Å²) in [6.07, 6.45) is 1.26. The molecule has 0 amide bonds. The van der Waals surface area contributed by atoms with Crippen LogP contribution in [-0.4, -0.2) is 43.8 Å². The molecular formula is C10H16N2O5S. The maximum Gasteiger partial charge on any atom is 0.352 e. The molecule has 0 aliphatic carbocycles. The van der Waals surface area contributed by atoms with Gasteiger partial charge in [0.15, 0.2) is 0 Å². The summed E-state index contributed by atoms with van der Waals surface area (Å²) in [7, 11) is -2.22. The molecular weight excluding hydrogens is 260 g/mol. The van der Waals surface area contributed by atoms with Crippen molar-refractivity contribution in [3.05, 3.63) is 18.0 Å². The quantitative estimate of drug-likeness (QED) is 0.685. The zero-order valence-electron chi connectivity index (χ0n) is 10.2. The van der Waals surface area contributed by atoms with Gasteiger partial charge in [-0.3, -0.25) is 0 Å². The number of carboxylic acid groups (broad SMARTS) is 1. The largest absolute Gasteiger partial charge is 0.477 e. The monoisotopic (exact) mass is 276 g/mol. The number of carbonyl (C=O) groups is 1. The molecule has 8 heteroatoms. The minimum Gasteiger partial charge on any atom is -0.477 e. The van der Waals surface area contributed by atoms with Gasteiger partial charge in [-0.2, -0.15) is 0 Å². The van der Waals surface area contributed by atoms with E-state index in [1.165, 1.54) is 17.8 Å². The van der Waals surface area contributed by atoms with E-state index in [4.69, 9.17) is 9.84 Å². The van der Waals surface area contributed by atoms with Crippen molar-refractivity contribution in [2.45, 2.75) is 11.8 Å². The lowest BCUT2D eigenvalue weighted by molar-refractivity contribution is 0.0686. The first-order valence-corrected chi connectivity index (χ1v) is 6.84. The van der Waals surface area contributed by atoms with E-state index in [9.17, 15) is 13.2 Å². The lowest BCUT2D eigenvalue weighted by Gasteiger charge is -2.04. The topological polar surface area (TPSA) is 97.6 Å². The van der Waals surface area contributed by atoms with Crippen LogP contribution in [0.4, 0.5) is 0 Å². The fourth-order valence-corrected chi connectivity index (χ4v) is 2.45. The van der Waals surface area contributed by atoms with E-state index in [1.807, 2.05) is 6.92 Å². The van der Waals surface area contributed by atoms with Crippen LogP contribution in [0.25, 0.3) is 0 Å². The molecule has 1 aromatic heterocycles. The van der Waals surface area contributed by atoms with Crippen LogP contribution in [-0.2, 0) is 21.8 Å². The van der Waals surface area contributed by atoms with Crippen molar-refractivity contribution in [1.82, 2.24) is 9.29 Å². The minimum atomic E-state index is -3.69. The second-order valence-corrected chi connectivity index (χ2v) is 5.34. The first-order valence-electron chi connectivity index (χ1n) is 5.35. The first kappa shape index (κ1) is 14.7. The first-order chi connectivity index (χ1) is 8.38. The molecule has 18 heavy (non-hydrogen) atoms. The number of aryl methyl sites for hydroxylation is 1. The Morgan fingerprint density at radius 1 is 1.56 bits per heavy atom. The zero-order valence-corrected chi connectivity index (χ0v) is 11.0. The average molecular weight is 276 g/mol. The number of carboxylic acids is 1. The maximum absolute atomic E-state index is 11.8. The second kappa shape index (κ2) is 5.98. The van der Waals surface area contributed by atoms with Gasteiger partial charge in [0.2, 0.25) is 10.0 Å². The Morgan fingerprint density at radius 2 is 2.22 bits per heavy atom. The fourth-order valence-electron chi connectivity index (χ4n) is 1.37. The third kappa shape index (κ3) is 3.56. The Labute approximate surface area is 105 Å². The standard InChI is InChI=1S/C10H16N2O5S/c1-3-17-5-4-11-18(15,16)8-6-9(10(13)14)12(2)7-8/h6-7,11H,3-5H2,1-2H3,(H,13,14). The van der Waals surface area contributed by atoms with Gasteiger partial charge in [-0.25, -0.2) is 17.9 Å². The molecule has 1 heterocycles. The smallest absolute Gasteiger partial charge is 0.352 e. The molecule has 102 valence electrons. The maximum atomic E-state index is 11.8. The normalized spacial score (nSPS) is 11.7. The highest BCUT2D eigenvalue weighted by molar-refractivity contribution is 7.89. The van der Waals surface area contributed by atoms with E-state index in [0.717, 1.165) is 6.07 Å². The molecule has 0 saturated heterocycles. The molecule has 0 aliphatic heterocycles. The third-order valence-electron chi connectivity index (χ3n) is 2.25. The van der Waals surface area contributed by atoms with Crippen LogP contribution in [0.1, 0.15) is 17.4 Å². The van der Waals surface area contributed by atoms with Crippen molar-refractivity contribution in [2.24, 2.45) is 7.05 Å². The van der Waals surface area contributed by atoms with Crippen molar-refractivity contribution in [2.75, 3.05) is 19.8 Å². The predicted molar refractivity (Wildman–Crippen MR) is 64.1 cm³/mol. The highest BCUT2D eigenvalue weighted by Crippen LogP contribution is 2.13. The lowest BCUT2D eigenvalue weighted by atomic mass is 10.4. The van der Waals surface area contributed by atoms with Gasteiger partial charge in [0.1, 0.15) is 10.6 Å². The van der Waals surface area contributed by atoms with Gasteiger partial charge in [-0.1, -0.05) is 0 Å². The highest BCUT2D eigenvalue weighted by Gasteiger charge is 2.19. The lowest BCUT2D eigenvalue weighted by Crippen LogP contribution is -2.27. The van der Waals surface area contributed by atoms with Crippen molar-refractivity contribution in [3.8, 4) is 0 Å². The van der Waals surface area contributed by atoms with Gasteiger partial charge in [-0.05, 0) is 13.0 Å². The molecule has 7 nitrogen and oxygen atoms in total. The summed E-state index contributed by atoms with van der Waals surface area (Å²) in [6.45, 7) is 2.74. The Bertz CT molecular complexity index is 520. The van der Waals surface area contributed by atoms with Crippen molar-refractivity contribution >= 4 is 16.0 Å². The SMILES string of the molecule is CCOCCNS(=O)(=O)c1cc(C(=O)O)n(C)c1. The average Bonchev–Trinajstić information content (AvgIpc) is 2.68. The van der Waals surface area contributed by atoms with Crippen molar-refractivity contribution in [3.63, 3.8) is 0 Å². The summed E-state index contributed by atoms with van der Waals surface area (Å²) < 4.78 is 32.2. The van der Waals surface area contributed by atoms with Crippen LogP contribution in [0.5, 0.6) is 0 Å². The van der Waals surface area contributed by atoms with E-state index in [-0.39, 0.29) is 23.7 Å². The number of nitrogens with one attached hydrogen (secondary N) is 1. The van der Waals surface area contributed by atoms with Gasteiger partial charge < -0.3 is 14.4 Å². The number of aromatic nitrogens is 1. The highest BCUT2D eigenvalue weighted by atomic mass is 32.2. The van der Waals surface area contributed by atoms with Crippen LogP contribution >= 0.6 is 0 Å². The second-order valence-electron chi connectivity index (χ2n) is 3.57. The summed E-state index contributed by atoms with van der Waals surface area (Å²) in [5.74, 6) is -1.17. The Kier molecular flexibility index (Phi) is 4.88. The Balaban J connectivity index is 2.79. The minimum absolute atomic E-state index is 0.0705. The fraction of sp³-hybridized carbons (Fsp3) is 0.500. The van der Waals surface area contributed by atoms with Crippen LogP contribution in [0.15, 0.2) is 17.2 Å². The molecule has 0 radical (unpaired) electrons. The van der Waals surface area contributed by atoms with Gasteiger partial charge >= 0.3 is 5.97 Å². The molecule has 0 saturated carbocycles. The third-order valence-corrected chi connectivity index (χ3v) is 3.68. The molecule has 0 aromatic carbocycles. The number of rotatable bonds is 7. The summed E-state index contributed by atoms with van der Waals surface area (Å²) in [6, 6.07) is 1.12. The van der Waals surface area contributed by atoms with Crippen molar-refractivity contribution in [1.29, 1.82) is 0 Å². The molecule has 0 atom stereocenters. The van der Waals surface area contributed by atoms with Gasteiger partial charge in [0, 0.05) is 26.4 Å². The Morgan fingerprint density at radius 3 is 2.72 bits per heavy atom. The molecule has 0 fully saturated rings. The molecule has 0 unspecified atom stereocenters. The van der Waals surface area contributed by atoms with Crippen LogP contribution in [0.3, 0.4) is 0 Å². The molecule has 1 rings (SSSR count). The number of sulfonamides is 1. The molecule has 1 aromatic rings. The number of hydrogen-bond donors (Lipinski definition) is 2. The molecule has 2 N–H and O–H groups in total. The molecule has 0 aliphatic rings. The summed E-state index contributed by atoms with van der Waals surface area (Å²) in [5, 5.41) is 8.83. The zero-order chi connectivity index (χ0) is 13.8. The van der Waals surface area contributed by atoms with E-state index in [0.29, 0.717) is 6.61 Å². The predicted octanol–water partition coefficient (Wildman–Crippen LogP) is 0.0381. The number of ether oxygens (including phenoxy) is 1. The molecule has 0 spiro atoms. The van der Waals surface area contributed by atoms with Gasteiger partial charge in [0.05, 0.1) is 6.61 Å². The summed E-state index contributed by atoms with van der Waals surface area (Å²) >= 11 is 0. The summed E-state index contributed by atoms with van der Waals surface area (Å²) in [4.78, 5) is 10.7. The van der Waals surface area contributed by atoms with E-state index in [2.05, 4.69) is 4.72 Å². The van der Waals surface area contributed by atoms with Crippen LogP contribution in [0.2, 0.25) is 0 Å². The number of hydrogen-bond acceptors (Lipinski definition) is 4. The van der Waals surface area contributed by atoms with Crippen LogP contribution < -0.4 is 4.72 Å². The van der Waals surface area contributed by atoms with Crippen molar-refractivity contribution < 1.29 is 23.1 Å². The van der Waals surface area contributed by atoms with Gasteiger partial charge in [-0.15, -0.1) is 0 Å².